The summed E-state index contributed by atoms with van der Waals surface area (Å²) in [6, 6.07) is 7.56. The lowest BCUT2D eigenvalue weighted by atomic mass is 10.3. The summed E-state index contributed by atoms with van der Waals surface area (Å²) < 4.78 is 27.9. The summed E-state index contributed by atoms with van der Waals surface area (Å²) in [5.41, 5.74) is 0.841. The van der Waals surface area contributed by atoms with E-state index in [-0.39, 0.29) is 5.69 Å². The average Bonchev–Trinajstić information content (AvgIpc) is 2.98. The number of amides is 2. The van der Waals surface area contributed by atoms with E-state index in [0.717, 1.165) is 17.7 Å². The molecular formula is C16H13F2N5O. The number of rotatable bonds is 4. The summed E-state index contributed by atoms with van der Waals surface area (Å²) in [6.07, 6.45) is 5.10. The van der Waals surface area contributed by atoms with Gasteiger partial charge in [0, 0.05) is 30.7 Å². The number of benzene rings is 1. The Balaban J connectivity index is 1.61. The van der Waals surface area contributed by atoms with Crippen molar-refractivity contribution in [3.8, 4) is 0 Å². The van der Waals surface area contributed by atoms with Crippen LogP contribution in [0.15, 0.2) is 55.0 Å². The molecule has 122 valence electrons. The summed E-state index contributed by atoms with van der Waals surface area (Å²) in [7, 11) is 0. The number of halogens is 2. The third kappa shape index (κ3) is 3.92. The van der Waals surface area contributed by atoms with Crippen molar-refractivity contribution in [2.24, 2.45) is 0 Å². The number of hydrogen-bond acceptors (Lipinski definition) is 3. The second-order valence-electron chi connectivity index (χ2n) is 4.96. The molecule has 0 atom stereocenters. The molecule has 8 heteroatoms. The lowest BCUT2D eigenvalue weighted by Crippen LogP contribution is -2.20. The van der Waals surface area contributed by atoms with Gasteiger partial charge in [-0.15, -0.1) is 0 Å². The molecule has 3 aromatic rings. The Morgan fingerprint density at radius 2 is 2.04 bits per heavy atom. The SMILES string of the molecule is O=C(Nc1ccn(Cc2cccnc2)n1)Nc1ccc(F)cc1F. The molecule has 0 saturated carbocycles. The number of pyridine rings is 1. The van der Waals surface area contributed by atoms with Crippen LogP contribution in [-0.2, 0) is 6.54 Å². The van der Waals surface area contributed by atoms with Crippen LogP contribution < -0.4 is 10.6 Å². The number of aromatic nitrogens is 3. The normalized spacial score (nSPS) is 10.4. The second-order valence-corrected chi connectivity index (χ2v) is 4.96. The Morgan fingerprint density at radius 1 is 1.17 bits per heavy atom. The quantitative estimate of drug-likeness (QED) is 0.772. The first-order chi connectivity index (χ1) is 11.6. The first-order valence-corrected chi connectivity index (χ1v) is 7.05. The zero-order chi connectivity index (χ0) is 16.9. The topological polar surface area (TPSA) is 71.8 Å². The molecule has 0 bridgehead atoms. The average molecular weight is 329 g/mol. The first kappa shape index (κ1) is 15.6. The number of hydrogen-bond donors (Lipinski definition) is 2. The Hall–Kier alpha value is -3.29. The fraction of sp³-hybridized carbons (Fsp3) is 0.0625. The van der Waals surface area contributed by atoms with Gasteiger partial charge in [-0.3, -0.25) is 15.0 Å². The maximum Gasteiger partial charge on any atom is 0.324 e. The summed E-state index contributed by atoms with van der Waals surface area (Å²) in [4.78, 5) is 15.9. The lowest BCUT2D eigenvalue weighted by molar-refractivity contribution is 0.262. The van der Waals surface area contributed by atoms with Gasteiger partial charge in [0.05, 0.1) is 12.2 Å². The molecule has 0 saturated heterocycles. The molecule has 3 rings (SSSR count). The molecule has 6 nitrogen and oxygen atoms in total. The molecule has 2 N–H and O–H groups in total. The molecule has 24 heavy (non-hydrogen) atoms. The summed E-state index contributed by atoms with van der Waals surface area (Å²) in [5, 5.41) is 8.96. The van der Waals surface area contributed by atoms with Crippen molar-refractivity contribution in [1.29, 1.82) is 0 Å². The zero-order valence-corrected chi connectivity index (χ0v) is 12.4. The Kier molecular flexibility index (Phi) is 4.46. The summed E-state index contributed by atoms with van der Waals surface area (Å²) in [6.45, 7) is 0.504. The van der Waals surface area contributed by atoms with E-state index in [1.807, 2.05) is 12.1 Å². The molecule has 0 radical (unpaired) electrons. The smallest absolute Gasteiger partial charge is 0.305 e. The number of anilines is 2. The highest BCUT2D eigenvalue weighted by molar-refractivity contribution is 5.99. The van der Waals surface area contributed by atoms with Crippen LogP contribution in [0.2, 0.25) is 0 Å². The molecule has 0 spiro atoms. The predicted octanol–water partition coefficient (Wildman–Crippen LogP) is 3.25. The van der Waals surface area contributed by atoms with Crippen LogP contribution >= 0.6 is 0 Å². The van der Waals surface area contributed by atoms with E-state index >= 15 is 0 Å². The third-order valence-electron chi connectivity index (χ3n) is 3.13. The molecule has 0 fully saturated rings. The monoisotopic (exact) mass is 329 g/mol. The molecule has 2 aromatic heterocycles. The molecule has 0 aliphatic carbocycles. The van der Waals surface area contributed by atoms with Crippen LogP contribution in [0.4, 0.5) is 25.1 Å². The van der Waals surface area contributed by atoms with Crippen molar-refractivity contribution >= 4 is 17.5 Å². The molecule has 1 aromatic carbocycles. The number of carbonyl (C=O) groups excluding carboxylic acids is 1. The highest BCUT2D eigenvalue weighted by Gasteiger charge is 2.09. The van der Waals surface area contributed by atoms with Crippen molar-refractivity contribution in [1.82, 2.24) is 14.8 Å². The van der Waals surface area contributed by atoms with Crippen LogP contribution in [0.1, 0.15) is 5.56 Å². The van der Waals surface area contributed by atoms with Crippen molar-refractivity contribution < 1.29 is 13.6 Å². The van der Waals surface area contributed by atoms with E-state index in [9.17, 15) is 13.6 Å². The number of nitrogens with one attached hydrogen (secondary N) is 2. The van der Waals surface area contributed by atoms with E-state index in [1.165, 1.54) is 0 Å². The second kappa shape index (κ2) is 6.86. The van der Waals surface area contributed by atoms with Crippen molar-refractivity contribution in [2.45, 2.75) is 6.54 Å². The molecule has 0 aliphatic rings. The van der Waals surface area contributed by atoms with Crippen molar-refractivity contribution in [3.63, 3.8) is 0 Å². The van der Waals surface area contributed by atoms with Crippen LogP contribution in [0, 0.1) is 11.6 Å². The lowest BCUT2D eigenvalue weighted by Gasteiger charge is -2.06. The Morgan fingerprint density at radius 3 is 2.79 bits per heavy atom. The van der Waals surface area contributed by atoms with Gasteiger partial charge in [-0.25, -0.2) is 13.6 Å². The number of urea groups is 1. The first-order valence-electron chi connectivity index (χ1n) is 7.05. The van der Waals surface area contributed by atoms with Gasteiger partial charge >= 0.3 is 6.03 Å². The van der Waals surface area contributed by atoms with Gasteiger partial charge in [0.25, 0.3) is 0 Å². The maximum atomic E-state index is 13.5. The molecule has 2 amide bonds. The van der Waals surface area contributed by atoms with E-state index < -0.39 is 17.7 Å². The summed E-state index contributed by atoms with van der Waals surface area (Å²) >= 11 is 0. The molecule has 0 aliphatic heterocycles. The highest BCUT2D eigenvalue weighted by Crippen LogP contribution is 2.15. The molecule has 2 heterocycles. The zero-order valence-electron chi connectivity index (χ0n) is 12.4. The third-order valence-corrected chi connectivity index (χ3v) is 3.13. The fourth-order valence-electron chi connectivity index (χ4n) is 2.06. The minimum absolute atomic E-state index is 0.122. The van der Waals surface area contributed by atoms with Crippen LogP contribution in [-0.4, -0.2) is 20.8 Å². The predicted molar refractivity (Wildman–Crippen MR) is 84.6 cm³/mol. The van der Waals surface area contributed by atoms with Crippen molar-refractivity contribution in [2.75, 3.05) is 10.6 Å². The van der Waals surface area contributed by atoms with Gasteiger partial charge in [0.1, 0.15) is 11.6 Å². The van der Waals surface area contributed by atoms with Gasteiger partial charge in [0.2, 0.25) is 0 Å². The number of carbonyl (C=O) groups is 1. The highest BCUT2D eigenvalue weighted by atomic mass is 19.1. The van der Waals surface area contributed by atoms with Crippen molar-refractivity contribution in [3.05, 3.63) is 72.2 Å². The number of nitrogens with zero attached hydrogens (tertiary/aromatic N) is 3. The van der Waals surface area contributed by atoms with E-state index in [1.54, 1.807) is 29.3 Å². The maximum absolute atomic E-state index is 13.5. The van der Waals surface area contributed by atoms with E-state index in [2.05, 4.69) is 20.7 Å². The Bertz CT molecular complexity index is 851. The van der Waals surface area contributed by atoms with Crippen LogP contribution in [0.25, 0.3) is 0 Å². The fourth-order valence-corrected chi connectivity index (χ4v) is 2.06. The molecular weight excluding hydrogens is 316 g/mol. The van der Waals surface area contributed by atoms with Gasteiger partial charge in [-0.05, 0) is 23.8 Å². The van der Waals surface area contributed by atoms with Gasteiger partial charge in [-0.1, -0.05) is 6.07 Å². The van der Waals surface area contributed by atoms with Crippen LogP contribution in [0.5, 0.6) is 0 Å². The van der Waals surface area contributed by atoms with E-state index in [4.69, 9.17) is 0 Å². The van der Waals surface area contributed by atoms with Gasteiger partial charge in [0.15, 0.2) is 5.82 Å². The Labute approximate surface area is 136 Å². The van der Waals surface area contributed by atoms with Gasteiger partial charge < -0.3 is 5.32 Å². The molecule has 0 unspecified atom stereocenters. The van der Waals surface area contributed by atoms with Gasteiger partial charge in [-0.2, -0.15) is 5.10 Å². The summed E-state index contributed by atoms with van der Waals surface area (Å²) in [5.74, 6) is -1.27. The minimum atomic E-state index is -0.854. The largest absolute Gasteiger partial charge is 0.324 e. The standard InChI is InChI=1S/C16H13F2N5O/c17-12-3-4-14(13(18)8-12)20-16(24)21-15-5-7-23(22-15)10-11-2-1-6-19-9-11/h1-9H,10H2,(H2,20,21,22,24). The van der Waals surface area contributed by atoms with E-state index in [0.29, 0.717) is 18.4 Å². The van der Waals surface area contributed by atoms with Crippen LogP contribution in [0.3, 0.4) is 0 Å². The minimum Gasteiger partial charge on any atom is -0.305 e.